The van der Waals surface area contributed by atoms with E-state index in [1.54, 1.807) is 7.05 Å². The normalized spacial score (nSPS) is 23.6. The minimum atomic E-state index is -1.09. The van der Waals surface area contributed by atoms with Gasteiger partial charge in [0.2, 0.25) is 5.91 Å². The fourth-order valence-corrected chi connectivity index (χ4v) is 1.67. The number of carbonyl (C=O) groups is 2. The van der Waals surface area contributed by atoms with Gasteiger partial charge < -0.3 is 19.8 Å². The molecule has 0 radical (unpaired) electrons. The second kappa shape index (κ2) is 5.81. The molecule has 1 aliphatic carbocycles. The Kier molecular flexibility index (Phi) is 4.70. The van der Waals surface area contributed by atoms with Crippen molar-refractivity contribution >= 4 is 11.9 Å². The Morgan fingerprint density at radius 2 is 2.00 bits per heavy atom. The number of carboxylic acids is 1. The van der Waals surface area contributed by atoms with Crippen LogP contribution in [0.1, 0.15) is 12.8 Å². The molecule has 0 saturated heterocycles. The molecule has 0 aromatic heterocycles. The summed E-state index contributed by atoms with van der Waals surface area (Å²) >= 11 is 0. The van der Waals surface area contributed by atoms with Crippen molar-refractivity contribution in [3.05, 3.63) is 0 Å². The fraction of sp³-hybridized carbons (Fsp3) is 0.800. The number of aliphatic hydroxyl groups is 1. The lowest BCUT2D eigenvalue weighted by Crippen LogP contribution is -2.40. The highest BCUT2D eigenvalue weighted by Crippen LogP contribution is 2.27. The van der Waals surface area contributed by atoms with E-state index in [4.69, 9.17) is 14.9 Å². The Labute approximate surface area is 93.8 Å². The van der Waals surface area contributed by atoms with Crippen LogP contribution in [0.15, 0.2) is 0 Å². The summed E-state index contributed by atoms with van der Waals surface area (Å²) < 4.78 is 4.69. The van der Waals surface area contributed by atoms with Crippen LogP contribution in [0, 0.1) is 5.92 Å². The van der Waals surface area contributed by atoms with Crippen molar-refractivity contribution in [2.45, 2.75) is 18.9 Å². The van der Waals surface area contributed by atoms with Gasteiger partial charge in [0, 0.05) is 13.6 Å². The van der Waals surface area contributed by atoms with Gasteiger partial charge in [-0.1, -0.05) is 0 Å². The number of rotatable bonds is 6. The van der Waals surface area contributed by atoms with E-state index in [2.05, 4.69) is 0 Å². The van der Waals surface area contributed by atoms with Crippen LogP contribution in [0.4, 0.5) is 0 Å². The van der Waals surface area contributed by atoms with Gasteiger partial charge in [-0.15, -0.1) is 0 Å². The summed E-state index contributed by atoms with van der Waals surface area (Å²) in [4.78, 5) is 23.1. The zero-order valence-corrected chi connectivity index (χ0v) is 9.26. The number of carbonyl (C=O) groups excluding carboxylic acids is 1. The molecule has 0 aromatic carbocycles. The number of aliphatic hydroxyl groups excluding tert-OH is 1. The highest BCUT2D eigenvalue weighted by molar-refractivity contribution is 5.77. The first-order valence-electron chi connectivity index (χ1n) is 5.20. The second-order valence-electron chi connectivity index (χ2n) is 4.15. The summed E-state index contributed by atoms with van der Waals surface area (Å²) in [5.74, 6) is -0.969. The number of likely N-dealkylation sites (N-methyl/N-ethyl adjacent to an activating group) is 1. The molecule has 92 valence electrons. The Balaban J connectivity index is 2.13. The minimum absolute atomic E-state index is 0.210. The van der Waals surface area contributed by atoms with Crippen LogP contribution < -0.4 is 0 Å². The van der Waals surface area contributed by atoms with Crippen molar-refractivity contribution in [1.82, 2.24) is 4.90 Å². The lowest BCUT2D eigenvalue weighted by Gasteiger charge is -2.34. The van der Waals surface area contributed by atoms with E-state index in [1.807, 2.05) is 0 Å². The van der Waals surface area contributed by atoms with Crippen LogP contribution in [0.5, 0.6) is 0 Å². The lowest BCUT2D eigenvalue weighted by molar-refractivity contribution is -0.145. The van der Waals surface area contributed by atoms with E-state index in [1.165, 1.54) is 4.90 Å². The minimum Gasteiger partial charge on any atom is -0.480 e. The second-order valence-corrected chi connectivity index (χ2v) is 4.15. The highest BCUT2D eigenvalue weighted by Gasteiger charge is 2.28. The molecule has 0 bridgehead atoms. The highest BCUT2D eigenvalue weighted by atomic mass is 16.5. The first-order chi connectivity index (χ1) is 7.49. The summed E-state index contributed by atoms with van der Waals surface area (Å²) in [5.41, 5.74) is 0. The number of amides is 1. The van der Waals surface area contributed by atoms with E-state index in [0.717, 1.165) is 12.8 Å². The lowest BCUT2D eigenvalue weighted by atomic mass is 9.82. The zero-order chi connectivity index (χ0) is 12.1. The average molecular weight is 231 g/mol. The summed E-state index contributed by atoms with van der Waals surface area (Å²) in [6.07, 6.45) is 1.23. The van der Waals surface area contributed by atoms with Gasteiger partial charge in [-0.25, -0.2) is 4.79 Å². The van der Waals surface area contributed by atoms with Crippen LogP contribution in [0.2, 0.25) is 0 Å². The number of carboxylic acid groups (broad SMARTS) is 1. The topological polar surface area (TPSA) is 87.1 Å². The van der Waals surface area contributed by atoms with Gasteiger partial charge in [0.25, 0.3) is 0 Å². The third kappa shape index (κ3) is 4.16. The van der Waals surface area contributed by atoms with Crippen LogP contribution >= 0.6 is 0 Å². The third-order valence-electron chi connectivity index (χ3n) is 2.62. The first-order valence-corrected chi connectivity index (χ1v) is 5.20. The van der Waals surface area contributed by atoms with Gasteiger partial charge in [0.15, 0.2) is 0 Å². The number of hydrogen-bond acceptors (Lipinski definition) is 4. The quantitative estimate of drug-likeness (QED) is 0.632. The SMILES string of the molecule is CN(CC1CC(O)C1)C(=O)COCC(=O)O. The van der Waals surface area contributed by atoms with Gasteiger partial charge in [-0.2, -0.15) is 0 Å². The third-order valence-corrected chi connectivity index (χ3v) is 2.62. The maximum atomic E-state index is 11.4. The van der Waals surface area contributed by atoms with E-state index >= 15 is 0 Å². The fourth-order valence-electron chi connectivity index (χ4n) is 1.67. The molecular weight excluding hydrogens is 214 g/mol. The van der Waals surface area contributed by atoms with Gasteiger partial charge >= 0.3 is 5.97 Å². The molecule has 0 atom stereocenters. The van der Waals surface area contributed by atoms with E-state index in [0.29, 0.717) is 12.5 Å². The molecule has 0 aromatic rings. The molecule has 1 amide bonds. The number of aliphatic carboxylic acids is 1. The molecule has 1 saturated carbocycles. The molecule has 0 heterocycles. The molecule has 0 spiro atoms. The van der Waals surface area contributed by atoms with Crippen molar-refractivity contribution in [2.24, 2.45) is 5.92 Å². The smallest absolute Gasteiger partial charge is 0.329 e. The average Bonchev–Trinajstić information content (AvgIpc) is 2.14. The number of ether oxygens (including phenoxy) is 1. The van der Waals surface area contributed by atoms with E-state index in [9.17, 15) is 9.59 Å². The molecule has 1 rings (SSSR count). The molecule has 0 unspecified atom stereocenters. The van der Waals surface area contributed by atoms with E-state index < -0.39 is 12.6 Å². The Morgan fingerprint density at radius 3 is 2.50 bits per heavy atom. The van der Waals surface area contributed by atoms with Crippen molar-refractivity contribution in [2.75, 3.05) is 26.8 Å². The molecule has 0 aliphatic heterocycles. The monoisotopic (exact) mass is 231 g/mol. The number of nitrogens with zero attached hydrogens (tertiary/aromatic N) is 1. The molecule has 2 N–H and O–H groups in total. The summed E-state index contributed by atoms with van der Waals surface area (Å²) in [5, 5.41) is 17.4. The molecule has 16 heavy (non-hydrogen) atoms. The van der Waals surface area contributed by atoms with Crippen LogP contribution in [0.25, 0.3) is 0 Å². The van der Waals surface area contributed by atoms with Crippen LogP contribution in [-0.4, -0.2) is 59.9 Å². The largest absolute Gasteiger partial charge is 0.480 e. The molecule has 6 nitrogen and oxygen atoms in total. The maximum absolute atomic E-state index is 11.4. The Bertz CT molecular complexity index is 262. The van der Waals surface area contributed by atoms with Gasteiger partial charge in [-0.05, 0) is 18.8 Å². The Hall–Kier alpha value is -1.14. The standard InChI is InChI=1S/C10H17NO5/c1-11(4-7-2-8(12)3-7)9(13)5-16-6-10(14)15/h7-8,12H,2-6H2,1H3,(H,14,15). The van der Waals surface area contributed by atoms with E-state index in [-0.39, 0.29) is 18.6 Å². The van der Waals surface area contributed by atoms with Gasteiger partial charge in [0.1, 0.15) is 13.2 Å². The number of hydrogen-bond donors (Lipinski definition) is 2. The molecule has 1 fully saturated rings. The summed E-state index contributed by atoms with van der Waals surface area (Å²) in [7, 11) is 1.65. The summed E-state index contributed by atoms with van der Waals surface area (Å²) in [6.45, 7) is -0.0773. The molecular formula is C10H17NO5. The van der Waals surface area contributed by atoms with Crippen molar-refractivity contribution in [3.8, 4) is 0 Å². The van der Waals surface area contributed by atoms with Crippen LogP contribution in [-0.2, 0) is 14.3 Å². The molecule has 6 heteroatoms. The zero-order valence-electron chi connectivity index (χ0n) is 9.26. The predicted octanol–water partition coefficient (Wildman–Crippen LogP) is -0.683. The predicted molar refractivity (Wildman–Crippen MR) is 54.8 cm³/mol. The van der Waals surface area contributed by atoms with Gasteiger partial charge in [0.05, 0.1) is 6.10 Å². The van der Waals surface area contributed by atoms with Crippen molar-refractivity contribution in [1.29, 1.82) is 0 Å². The van der Waals surface area contributed by atoms with Gasteiger partial charge in [-0.3, -0.25) is 4.79 Å². The van der Waals surface area contributed by atoms with Crippen molar-refractivity contribution in [3.63, 3.8) is 0 Å². The van der Waals surface area contributed by atoms with Crippen molar-refractivity contribution < 1.29 is 24.5 Å². The molecule has 1 aliphatic rings. The summed E-state index contributed by atoms with van der Waals surface area (Å²) in [6, 6.07) is 0. The Morgan fingerprint density at radius 1 is 1.38 bits per heavy atom. The maximum Gasteiger partial charge on any atom is 0.329 e. The first kappa shape index (κ1) is 12.9. The van der Waals surface area contributed by atoms with Crippen LogP contribution in [0.3, 0.4) is 0 Å².